The number of halogens is 1. The number of pyridine rings is 1. The first kappa shape index (κ1) is 14.7. The molecule has 0 saturated carbocycles. The first-order valence-corrected chi connectivity index (χ1v) is 9.13. The molecular weight excluding hydrogens is 333 g/mol. The van der Waals surface area contributed by atoms with Crippen molar-refractivity contribution >= 4 is 22.5 Å². The summed E-state index contributed by atoms with van der Waals surface area (Å²) >= 11 is 1.75. The van der Waals surface area contributed by atoms with Crippen molar-refractivity contribution in [1.82, 2.24) is 14.5 Å². The molecule has 0 radical (unpaired) electrons. The van der Waals surface area contributed by atoms with Crippen LogP contribution in [0.25, 0.3) is 33.4 Å². The van der Waals surface area contributed by atoms with Gasteiger partial charge in [-0.05, 0) is 35.7 Å². The number of thioether (sulfide) groups is 1. The molecule has 122 valence electrons. The monoisotopic (exact) mass is 347 g/mol. The van der Waals surface area contributed by atoms with E-state index in [1.165, 1.54) is 12.1 Å². The Balaban J connectivity index is 1.82. The fourth-order valence-electron chi connectivity index (χ4n) is 3.34. The SMILES string of the molecule is Fc1ccc(-c2nc3n(c2-c2nccc4ccccc24)CCS3)cc1. The molecule has 0 unspecified atom stereocenters. The molecule has 0 spiro atoms. The quantitative estimate of drug-likeness (QED) is 0.511. The second-order valence-electron chi connectivity index (χ2n) is 5.98. The van der Waals surface area contributed by atoms with Crippen molar-refractivity contribution in [3.8, 4) is 22.6 Å². The van der Waals surface area contributed by atoms with Gasteiger partial charge in [-0.1, -0.05) is 36.0 Å². The van der Waals surface area contributed by atoms with E-state index in [0.717, 1.165) is 50.9 Å². The summed E-state index contributed by atoms with van der Waals surface area (Å²) in [5, 5.41) is 3.26. The van der Waals surface area contributed by atoms with Crippen molar-refractivity contribution in [2.24, 2.45) is 0 Å². The Hall–Kier alpha value is -2.66. The van der Waals surface area contributed by atoms with Gasteiger partial charge in [-0.2, -0.15) is 0 Å². The summed E-state index contributed by atoms with van der Waals surface area (Å²) in [4.78, 5) is 9.52. The summed E-state index contributed by atoms with van der Waals surface area (Å²) < 4.78 is 15.6. The number of aromatic nitrogens is 3. The lowest BCUT2D eigenvalue weighted by Gasteiger charge is -2.10. The third-order valence-electron chi connectivity index (χ3n) is 4.49. The van der Waals surface area contributed by atoms with E-state index in [9.17, 15) is 4.39 Å². The Labute approximate surface area is 148 Å². The molecular formula is C20H14FN3S. The van der Waals surface area contributed by atoms with Gasteiger partial charge in [0.2, 0.25) is 0 Å². The number of imidazole rings is 1. The zero-order valence-electron chi connectivity index (χ0n) is 13.3. The van der Waals surface area contributed by atoms with Crippen molar-refractivity contribution in [3.05, 3.63) is 66.6 Å². The minimum Gasteiger partial charge on any atom is -0.316 e. The van der Waals surface area contributed by atoms with Crippen LogP contribution in [0.15, 0.2) is 66.0 Å². The van der Waals surface area contributed by atoms with Crippen molar-refractivity contribution in [2.75, 3.05) is 5.75 Å². The maximum absolute atomic E-state index is 13.4. The van der Waals surface area contributed by atoms with E-state index >= 15 is 0 Å². The fraction of sp³-hybridized carbons (Fsp3) is 0.100. The van der Waals surface area contributed by atoms with Crippen LogP contribution in [0.1, 0.15) is 0 Å². The average Bonchev–Trinajstić information content (AvgIpc) is 3.23. The first-order chi connectivity index (χ1) is 12.3. The van der Waals surface area contributed by atoms with Crippen LogP contribution >= 0.6 is 11.8 Å². The first-order valence-electron chi connectivity index (χ1n) is 8.14. The lowest BCUT2D eigenvalue weighted by Crippen LogP contribution is -1.99. The predicted molar refractivity (Wildman–Crippen MR) is 99.1 cm³/mol. The third-order valence-corrected chi connectivity index (χ3v) is 5.45. The third kappa shape index (κ3) is 2.35. The van der Waals surface area contributed by atoms with Crippen molar-refractivity contribution < 1.29 is 4.39 Å². The highest BCUT2D eigenvalue weighted by molar-refractivity contribution is 7.99. The van der Waals surface area contributed by atoms with E-state index < -0.39 is 0 Å². The van der Waals surface area contributed by atoms with Gasteiger partial charge in [-0.15, -0.1) is 0 Å². The van der Waals surface area contributed by atoms with Gasteiger partial charge in [0.1, 0.15) is 5.82 Å². The summed E-state index contributed by atoms with van der Waals surface area (Å²) in [7, 11) is 0. The van der Waals surface area contributed by atoms with Gasteiger partial charge in [0.05, 0.1) is 17.1 Å². The van der Waals surface area contributed by atoms with E-state index in [1.54, 1.807) is 23.9 Å². The molecule has 25 heavy (non-hydrogen) atoms. The fourth-order valence-corrected chi connectivity index (χ4v) is 4.29. The second-order valence-corrected chi connectivity index (χ2v) is 7.04. The molecule has 0 aliphatic carbocycles. The normalized spacial score (nSPS) is 13.3. The molecule has 0 N–H and O–H groups in total. The number of fused-ring (bicyclic) bond motifs is 2. The lowest BCUT2D eigenvalue weighted by molar-refractivity contribution is 0.628. The molecule has 0 saturated heterocycles. The highest BCUT2D eigenvalue weighted by Gasteiger charge is 2.25. The Morgan fingerprint density at radius 2 is 1.80 bits per heavy atom. The Morgan fingerprint density at radius 3 is 2.68 bits per heavy atom. The highest BCUT2D eigenvalue weighted by Crippen LogP contribution is 2.40. The van der Waals surface area contributed by atoms with Crippen LogP contribution in [0.5, 0.6) is 0 Å². The standard InChI is InChI=1S/C20H14FN3S/c21-15-7-5-14(6-8-15)17-19(24-11-12-25-20(24)23-17)18-16-4-2-1-3-13(16)9-10-22-18/h1-10H,11-12H2. The van der Waals surface area contributed by atoms with E-state index in [0.29, 0.717) is 0 Å². The molecule has 0 fully saturated rings. The zero-order valence-corrected chi connectivity index (χ0v) is 14.1. The van der Waals surface area contributed by atoms with Gasteiger partial charge in [0, 0.05) is 29.4 Å². The van der Waals surface area contributed by atoms with Crippen LogP contribution in [-0.4, -0.2) is 20.3 Å². The summed E-state index contributed by atoms with van der Waals surface area (Å²) in [5.74, 6) is 0.777. The van der Waals surface area contributed by atoms with Gasteiger partial charge in [0.25, 0.3) is 0 Å². The smallest absolute Gasteiger partial charge is 0.169 e. The van der Waals surface area contributed by atoms with E-state index in [1.807, 2.05) is 24.4 Å². The summed E-state index contributed by atoms with van der Waals surface area (Å²) in [6, 6.07) is 16.8. The number of hydrogen-bond acceptors (Lipinski definition) is 3. The highest BCUT2D eigenvalue weighted by atomic mass is 32.2. The minimum absolute atomic E-state index is 0.241. The summed E-state index contributed by atoms with van der Waals surface area (Å²) in [5.41, 5.74) is 3.72. The molecule has 2 aromatic heterocycles. The van der Waals surface area contributed by atoms with Gasteiger partial charge in [-0.3, -0.25) is 4.98 Å². The Morgan fingerprint density at radius 1 is 0.960 bits per heavy atom. The van der Waals surface area contributed by atoms with Crippen LogP contribution in [0.3, 0.4) is 0 Å². The molecule has 3 heterocycles. The van der Waals surface area contributed by atoms with Gasteiger partial charge in [0.15, 0.2) is 5.16 Å². The molecule has 5 heteroatoms. The van der Waals surface area contributed by atoms with Crippen LogP contribution in [0.4, 0.5) is 4.39 Å². The van der Waals surface area contributed by atoms with E-state index in [4.69, 9.17) is 4.98 Å². The zero-order chi connectivity index (χ0) is 16.8. The van der Waals surface area contributed by atoms with E-state index in [-0.39, 0.29) is 5.82 Å². The van der Waals surface area contributed by atoms with Crippen molar-refractivity contribution in [2.45, 2.75) is 11.7 Å². The Kier molecular flexibility index (Phi) is 3.35. The molecule has 1 aliphatic heterocycles. The molecule has 1 aliphatic rings. The lowest BCUT2D eigenvalue weighted by atomic mass is 10.0. The summed E-state index contributed by atoms with van der Waals surface area (Å²) in [6.07, 6.45) is 1.84. The molecule has 3 nitrogen and oxygen atoms in total. The molecule has 0 bridgehead atoms. The van der Waals surface area contributed by atoms with Crippen molar-refractivity contribution in [1.29, 1.82) is 0 Å². The van der Waals surface area contributed by atoms with Crippen LogP contribution < -0.4 is 0 Å². The predicted octanol–water partition coefficient (Wildman–Crippen LogP) is 5.01. The Bertz CT molecular complexity index is 1080. The molecule has 5 rings (SSSR count). The molecule has 0 atom stereocenters. The largest absolute Gasteiger partial charge is 0.316 e. The average molecular weight is 347 g/mol. The van der Waals surface area contributed by atoms with Crippen LogP contribution in [0.2, 0.25) is 0 Å². The van der Waals surface area contributed by atoms with Gasteiger partial charge < -0.3 is 4.57 Å². The van der Waals surface area contributed by atoms with Crippen molar-refractivity contribution in [3.63, 3.8) is 0 Å². The van der Waals surface area contributed by atoms with Crippen LogP contribution in [-0.2, 0) is 6.54 Å². The number of hydrogen-bond donors (Lipinski definition) is 0. The maximum Gasteiger partial charge on any atom is 0.169 e. The number of rotatable bonds is 2. The van der Waals surface area contributed by atoms with Crippen LogP contribution in [0, 0.1) is 5.82 Å². The summed E-state index contributed by atoms with van der Waals surface area (Å²) in [6.45, 7) is 0.911. The van der Waals surface area contributed by atoms with Gasteiger partial charge in [-0.25, -0.2) is 9.37 Å². The number of nitrogens with zero attached hydrogens (tertiary/aromatic N) is 3. The molecule has 0 amide bonds. The second kappa shape index (κ2) is 5.70. The van der Waals surface area contributed by atoms with E-state index in [2.05, 4.69) is 21.7 Å². The minimum atomic E-state index is -0.241. The topological polar surface area (TPSA) is 30.7 Å². The number of benzene rings is 2. The molecule has 2 aromatic carbocycles. The van der Waals surface area contributed by atoms with Gasteiger partial charge >= 0.3 is 0 Å². The maximum atomic E-state index is 13.4. The molecule has 4 aromatic rings.